The molecule has 28 heavy (non-hydrogen) atoms. The molecule has 0 heterocycles. The fourth-order valence-electron chi connectivity index (χ4n) is 2.39. The van der Waals surface area contributed by atoms with Crippen molar-refractivity contribution in [1.29, 1.82) is 0 Å². The van der Waals surface area contributed by atoms with E-state index in [0.29, 0.717) is 23.0 Å². The molecule has 2 aromatic carbocycles. The van der Waals surface area contributed by atoms with Crippen molar-refractivity contribution in [2.75, 3.05) is 28.4 Å². The summed E-state index contributed by atoms with van der Waals surface area (Å²) in [5, 5.41) is 0. The maximum atomic E-state index is 12.3. The van der Waals surface area contributed by atoms with Crippen LogP contribution in [0.3, 0.4) is 0 Å². The lowest BCUT2D eigenvalue weighted by Gasteiger charge is -2.10. The summed E-state index contributed by atoms with van der Waals surface area (Å²) in [5.41, 5.74) is 1.60. The molecule has 5 nitrogen and oxygen atoms in total. The monoisotopic (exact) mass is 510 g/mol. The molecule has 0 spiro atoms. The van der Waals surface area contributed by atoms with Crippen molar-refractivity contribution < 1.29 is 23.7 Å². The molecule has 0 aliphatic heterocycles. The molecule has 0 radical (unpaired) electrons. The van der Waals surface area contributed by atoms with E-state index < -0.39 is 0 Å². The van der Waals surface area contributed by atoms with Crippen molar-refractivity contribution in [3.05, 3.63) is 56.5 Å². The van der Waals surface area contributed by atoms with Crippen molar-refractivity contribution >= 4 is 49.8 Å². The van der Waals surface area contributed by atoms with Gasteiger partial charge >= 0.3 is 0 Å². The van der Waals surface area contributed by atoms with Crippen LogP contribution in [0.5, 0.6) is 23.0 Å². The summed E-state index contributed by atoms with van der Waals surface area (Å²) in [4.78, 5) is 12.3. The van der Waals surface area contributed by atoms with Gasteiger partial charge < -0.3 is 18.9 Å². The number of carbonyl (C=O) groups is 1. The van der Waals surface area contributed by atoms with Crippen molar-refractivity contribution in [1.82, 2.24) is 0 Å². The summed E-state index contributed by atoms with van der Waals surface area (Å²) < 4.78 is 22.7. The number of methoxy groups -OCH3 is 4. The van der Waals surface area contributed by atoms with E-state index in [2.05, 4.69) is 31.9 Å². The molecule has 0 atom stereocenters. The van der Waals surface area contributed by atoms with E-state index >= 15 is 0 Å². The quantitative estimate of drug-likeness (QED) is 0.435. The largest absolute Gasteiger partial charge is 0.493 e. The van der Waals surface area contributed by atoms with Gasteiger partial charge in [0, 0.05) is 8.95 Å². The highest BCUT2D eigenvalue weighted by atomic mass is 79.9. The van der Waals surface area contributed by atoms with Crippen molar-refractivity contribution in [2.24, 2.45) is 0 Å². The average Bonchev–Trinajstić information content (AvgIpc) is 2.71. The van der Waals surface area contributed by atoms with Crippen LogP contribution in [0.4, 0.5) is 0 Å². The third kappa shape index (κ3) is 5.39. The number of allylic oxidation sites excluding steroid dienone is 2. The molecule has 0 aliphatic rings. The zero-order valence-electron chi connectivity index (χ0n) is 15.9. The molecular formula is C21H20Br2O5. The van der Waals surface area contributed by atoms with Gasteiger partial charge in [0.2, 0.25) is 0 Å². The van der Waals surface area contributed by atoms with Crippen molar-refractivity contribution in [3.63, 3.8) is 0 Å². The lowest BCUT2D eigenvalue weighted by atomic mass is 10.1. The summed E-state index contributed by atoms with van der Waals surface area (Å²) in [7, 11) is 6.27. The first-order chi connectivity index (χ1) is 13.4. The van der Waals surface area contributed by atoms with Gasteiger partial charge in [0.1, 0.15) is 0 Å². The topological polar surface area (TPSA) is 54.0 Å². The molecule has 0 unspecified atom stereocenters. The lowest BCUT2D eigenvalue weighted by molar-refractivity contribution is -0.110. The first-order valence-corrected chi connectivity index (χ1v) is 9.75. The molecule has 148 valence electrons. The molecule has 0 fully saturated rings. The number of halogens is 2. The number of ether oxygens (including phenoxy) is 4. The van der Waals surface area contributed by atoms with E-state index in [0.717, 1.165) is 20.1 Å². The standard InChI is InChI=1S/C21H20Br2O5/c1-25-18-9-13(16(22)11-20(18)27-3)5-7-15(24)8-6-14-10-19(26-2)21(28-4)12-17(14)23/h5-12H,1-4H3. The molecule has 0 bridgehead atoms. The van der Waals surface area contributed by atoms with E-state index in [-0.39, 0.29) is 5.78 Å². The van der Waals surface area contributed by atoms with Crippen molar-refractivity contribution in [2.45, 2.75) is 0 Å². The molecule has 7 heteroatoms. The molecule has 0 saturated heterocycles. The third-order valence-corrected chi connectivity index (χ3v) is 5.23. The van der Waals surface area contributed by atoms with Gasteiger partial charge in [0.15, 0.2) is 28.8 Å². The summed E-state index contributed by atoms with van der Waals surface area (Å²) in [5.74, 6) is 2.22. The molecule has 2 aromatic rings. The van der Waals surface area contributed by atoms with Gasteiger partial charge in [-0.2, -0.15) is 0 Å². The van der Waals surface area contributed by atoms with E-state index in [1.54, 1.807) is 64.9 Å². The van der Waals surface area contributed by atoms with Crippen LogP contribution in [0.1, 0.15) is 11.1 Å². The van der Waals surface area contributed by atoms with E-state index in [1.807, 2.05) is 0 Å². The number of benzene rings is 2. The minimum atomic E-state index is -0.164. The van der Waals surface area contributed by atoms with Gasteiger partial charge in [-0.3, -0.25) is 4.79 Å². The van der Waals surface area contributed by atoms with Crippen LogP contribution in [0, 0.1) is 0 Å². The SMILES string of the molecule is COc1cc(Br)c(C=CC(=O)C=Cc2cc(OC)c(OC)cc2Br)cc1OC. The number of rotatable bonds is 8. The van der Waals surface area contributed by atoms with Gasteiger partial charge in [-0.05, 0) is 59.7 Å². The number of hydrogen-bond acceptors (Lipinski definition) is 5. The van der Waals surface area contributed by atoms with Gasteiger partial charge in [0.25, 0.3) is 0 Å². The van der Waals surface area contributed by atoms with Gasteiger partial charge in [0.05, 0.1) is 28.4 Å². The average molecular weight is 512 g/mol. The third-order valence-electron chi connectivity index (χ3n) is 3.86. The Morgan fingerprint density at radius 3 is 1.32 bits per heavy atom. The predicted octanol–water partition coefficient (Wildman–Crippen LogP) is 5.54. The minimum absolute atomic E-state index is 0.164. The lowest BCUT2D eigenvalue weighted by Crippen LogP contribution is -1.93. The summed E-state index contributed by atoms with van der Waals surface area (Å²) in [6, 6.07) is 7.17. The fourth-order valence-corrected chi connectivity index (χ4v) is 3.30. The smallest absolute Gasteiger partial charge is 0.178 e. The van der Waals surface area contributed by atoms with Crippen LogP contribution in [-0.4, -0.2) is 34.2 Å². The predicted molar refractivity (Wildman–Crippen MR) is 118 cm³/mol. The van der Waals surface area contributed by atoms with Crippen molar-refractivity contribution in [3.8, 4) is 23.0 Å². The molecule has 0 N–H and O–H groups in total. The molecule has 0 saturated carbocycles. The molecular weight excluding hydrogens is 492 g/mol. The number of ketones is 1. The van der Waals surface area contributed by atoms with E-state index in [4.69, 9.17) is 18.9 Å². The number of carbonyl (C=O) groups excluding carboxylic acids is 1. The molecule has 0 aromatic heterocycles. The normalized spacial score (nSPS) is 11.1. The Hall–Kier alpha value is -2.25. The van der Waals surface area contributed by atoms with Gasteiger partial charge in [-0.15, -0.1) is 0 Å². The molecule has 0 aliphatic carbocycles. The highest BCUT2D eigenvalue weighted by molar-refractivity contribution is 9.10. The maximum absolute atomic E-state index is 12.3. The Labute approximate surface area is 181 Å². The minimum Gasteiger partial charge on any atom is -0.493 e. The Morgan fingerprint density at radius 1 is 0.679 bits per heavy atom. The summed E-state index contributed by atoms with van der Waals surface area (Å²) in [6.07, 6.45) is 6.39. The Kier molecular flexibility index (Phi) is 8.14. The van der Waals surface area contributed by atoms with E-state index in [1.165, 1.54) is 12.2 Å². The van der Waals surface area contributed by atoms with Crippen LogP contribution in [0.2, 0.25) is 0 Å². The molecule has 0 amide bonds. The summed E-state index contributed by atoms with van der Waals surface area (Å²) in [6.45, 7) is 0. The first-order valence-electron chi connectivity index (χ1n) is 8.16. The number of hydrogen-bond donors (Lipinski definition) is 0. The zero-order chi connectivity index (χ0) is 20.7. The first kappa shape index (κ1) is 22.0. The van der Waals surface area contributed by atoms with Gasteiger partial charge in [-0.1, -0.05) is 31.9 Å². The van der Waals surface area contributed by atoms with Crippen LogP contribution in [-0.2, 0) is 4.79 Å². The van der Waals surface area contributed by atoms with Crippen LogP contribution >= 0.6 is 31.9 Å². The highest BCUT2D eigenvalue weighted by Crippen LogP contribution is 2.35. The Bertz CT molecular complexity index is 846. The zero-order valence-corrected chi connectivity index (χ0v) is 19.1. The Morgan fingerprint density at radius 2 is 1.00 bits per heavy atom. The second-order valence-corrected chi connectivity index (χ2v) is 7.24. The van der Waals surface area contributed by atoms with Crippen LogP contribution < -0.4 is 18.9 Å². The summed E-state index contributed by atoms with van der Waals surface area (Å²) >= 11 is 6.94. The highest BCUT2D eigenvalue weighted by Gasteiger charge is 2.09. The molecule has 2 rings (SSSR count). The maximum Gasteiger partial charge on any atom is 0.178 e. The second-order valence-electron chi connectivity index (χ2n) is 5.53. The fraction of sp³-hybridized carbons (Fsp3) is 0.190. The Balaban J connectivity index is 2.20. The van der Waals surface area contributed by atoms with Gasteiger partial charge in [-0.25, -0.2) is 0 Å². The van der Waals surface area contributed by atoms with Crippen LogP contribution in [0.15, 0.2) is 45.4 Å². The van der Waals surface area contributed by atoms with Crippen LogP contribution in [0.25, 0.3) is 12.2 Å². The second kappa shape index (κ2) is 10.3. The van der Waals surface area contributed by atoms with E-state index in [9.17, 15) is 4.79 Å².